The smallest absolute Gasteiger partial charge is 0.306 e. The summed E-state index contributed by atoms with van der Waals surface area (Å²) in [4.78, 5) is 26.4. The van der Waals surface area contributed by atoms with Gasteiger partial charge in [0.2, 0.25) is 0 Å². The zero-order valence-corrected chi connectivity index (χ0v) is 14.5. The van der Waals surface area contributed by atoms with Gasteiger partial charge in [-0.15, -0.1) is 0 Å². The van der Waals surface area contributed by atoms with E-state index in [0.29, 0.717) is 13.0 Å². The van der Waals surface area contributed by atoms with Crippen LogP contribution in [0.15, 0.2) is 18.2 Å². The highest BCUT2D eigenvalue weighted by Gasteiger charge is 2.50. The van der Waals surface area contributed by atoms with Gasteiger partial charge in [0.15, 0.2) is 5.78 Å². The van der Waals surface area contributed by atoms with Crippen molar-refractivity contribution in [3.63, 3.8) is 0 Å². The molecule has 0 radical (unpaired) electrons. The molecule has 0 bridgehead atoms. The Balaban J connectivity index is 2.35. The van der Waals surface area contributed by atoms with Gasteiger partial charge in [0.25, 0.3) is 0 Å². The van der Waals surface area contributed by atoms with Crippen LogP contribution in [0.4, 0.5) is 5.69 Å². The van der Waals surface area contributed by atoms with E-state index in [1.54, 1.807) is 21.0 Å². The Morgan fingerprint density at radius 3 is 2.65 bits per heavy atom. The van der Waals surface area contributed by atoms with Gasteiger partial charge < -0.3 is 14.4 Å². The lowest BCUT2D eigenvalue weighted by Gasteiger charge is -2.40. The molecule has 23 heavy (non-hydrogen) atoms. The molecule has 1 aliphatic heterocycles. The topological polar surface area (TPSA) is 55.8 Å². The van der Waals surface area contributed by atoms with Gasteiger partial charge in [0, 0.05) is 19.2 Å². The summed E-state index contributed by atoms with van der Waals surface area (Å²) < 4.78 is 10.3. The molecule has 2 atom stereocenters. The van der Waals surface area contributed by atoms with E-state index in [1.165, 1.54) is 0 Å². The van der Waals surface area contributed by atoms with Gasteiger partial charge in [-0.2, -0.15) is 0 Å². The lowest BCUT2D eigenvalue weighted by Crippen LogP contribution is -2.55. The Kier molecular flexibility index (Phi) is 4.97. The molecule has 0 aliphatic carbocycles. The molecular formula is C18H25NO4. The first-order valence-electron chi connectivity index (χ1n) is 7.94. The van der Waals surface area contributed by atoms with Gasteiger partial charge in [0.1, 0.15) is 11.3 Å². The number of nitrogens with zero attached hydrogens (tertiary/aromatic N) is 1. The third kappa shape index (κ3) is 2.92. The van der Waals surface area contributed by atoms with E-state index < -0.39 is 5.54 Å². The van der Waals surface area contributed by atoms with E-state index in [-0.39, 0.29) is 24.1 Å². The minimum Gasteiger partial charge on any atom is -0.497 e. The Hall–Kier alpha value is -2.04. The van der Waals surface area contributed by atoms with Crippen molar-refractivity contribution in [1.82, 2.24) is 0 Å². The monoisotopic (exact) mass is 319 g/mol. The van der Waals surface area contributed by atoms with Crippen LogP contribution in [0.3, 0.4) is 0 Å². The number of methoxy groups -OCH3 is 1. The number of benzene rings is 1. The summed E-state index contributed by atoms with van der Waals surface area (Å²) in [5.74, 6) is 0.423. The van der Waals surface area contributed by atoms with Crippen LogP contribution in [0.2, 0.25) is 0 Å². The van der Waals surface area contributed by atoms with Crippen molar-refractivity contribution in [3.05, 3.63) is 23.8 Å². The molecule has 1 aromatic rings. The van der Waals surface area contributed by atoms with Crippen molar-refractivity contribution < 1.29 is 19.1 Å². The number of Topliss-reactive ketones (excluding diaryl/α,β-unsaturated/α-hetero) is 1. The predicted molar refractivity (Wildman–Crippen MR) is 88.9 cm³/mol. The van der Waals surface area contributed by atoms with Crippen molar-refractivity contribution in [2.24, 2.45) is 5.92 Å². The standard InChI is InChI=1S/C18H25NO4/c1-6-23-17(21)9-12(2)18(13(3)20)11-14-10-15(22-5)7-8-16(14)19(18)4/h7-8,10,12H,6,9,11H2,1-5H3. The van der Waals surface area contributed by atoms with E-state index >= 15 is 0 Å². The number of ether oxygens (including phenoxy) is 2. The number of likely N-dealkylation sites (N-methyl/N-ethyl adjacent to an activating group) is 1. The van der Waals surface area contributed by atoms with Crippen LogP contribution in [0.25, 0.3) is 0 Å². The van der Waals surface area contributed by atoms with Gasteiger partial charge in [-0.1, -0.05) is 6.92 Å². The third-order valence-corrected chi connectivity index (χ3v) is 4.91. The number of ketones is 1. The van der Waals surface area contributed by atoms with E-state index in [4.69, 9.17) is 9.47 Å². The first-order valence-corrected chi connectivity index (χ1v) is 7.94. The fourth-order valence-electron chi connectivity index (χ4n) is 3.63. The molecule has 5 nitrogen and oxygen atoms in total. The van der Waals surface area contributed by atoms with Crippen molar-refractivity contribution >= 4 is 17.4 Å². The molecule has 0 fully saturated rings. The minimum absolute atomic E-state index is 0.0620. The molecule has 0 aromatic heterocycles. The first kappa shape index (κ1) is 17.3. The number of hydrogen-bond acceptors (Lipinski definition) is 5. The van der Waals surface area contributed by atoms with Crippen molar-refractivity contribution in [2.45, 2.75) is 39.2 Å². The van der Waals surface area contributed by atoms with Gasteiger partial charge in [-0.25, -0.2) is 0 Å². The minimum atomic E-state index is -0.721. The maximum Gasteiger partial charge on any atom is 0.306 e. The number of anilines is 1. The van der Waals surface area contributed by atoms with Crippen LogP contribution in [0, 0.1) is 5.92 Å². The second-order valence-corrected chi connectivity index (χ2v) is 6.12. The maximum absolute atomic E-state index is 12.6. The van der Waals surface area contributed by atoms with Crippen LogP contribution in [0.5, 0.6) is 5.75 Å². The summed E-state index contributed by atoms with van der Waals surface area (Å²) in [5, 5.41) is 0. The van der Waals surface area contributed by atoms with Crippen LogP contribution < -0.4 is 9.64 Å². The van der Waals surface area contributed by atoms with E-state index in [0.717, 1.165) is 17.0 Å². The molecule has 1 aliphatic rings. The summed E-state index contributed by atoms with van der Waals surface area (Å²) in [6, 6.07) is 5.82. The van der Waals surface area contributed by atoms with Gasteiger partial charge in [-0.05, 0) is 43.5 Å². The second-order valence-electron chi connectivity index (χ2n) is 6.12. The average molecular weight is 319 g/mol. The molecule has 126 valence electrons. The van der Waals surface area contributed by atoms with Crippen molar-refractivity contribution in [2.75, 3.05) is 25.7 Å². The third-order valence-electron chi connectivity index (χ3n) is 4.91. The summed E-state index contributed by atoms with van der Waals surface area (Å²) in [6.07, 6.45) is 0.800. The molecular weight excluding hydrogens is 294 g/mol. The van der Waals surface area contributed by atoms with Crippen LogP contribution in [0.1, 0.15) is 32.8 Å². The zero-order chi connectivity index (χ0) is 17.2. The Bertz CT molecular complexity index is 613. The van der Waals surface area contributed by atoms with Gasteiger partial charge >= 0.3 is 5.97 Å². The lowest BCUT2D eigenvalue weighted by atomic mass is 9.77. The highest BCUT2D eigenvalue weighted by molar-refractivity contribution is 5.94. The number of esters is 1. The SMILES string of the molecule is CCOC(=O)CC(C)C1(C(C)=O)Cc2cc(OC)ccc2N1C. The summed E-state index contributed by atoms with van der Waals surface area (Å²) in [7, 11) is 3.55. The zero-order valence-electron chi connectivity index (χ0n) is 14.5. The normalized spacial score (nSPS) is 20.8. The van der Waals surface area contributed by atoms with Crippen molar-refractivity contribution in [1.29, 1.82) is 0 Å². The highest BCUT2D eigenvalue weighted by atomic mass is 16.5. The fourth-order valence-corrected chi connectivity index (χ4v) is 3.63. The lowest BCUT2D eigenvalue weighted by molar-refractivity contribution is -0.145. The fraction of sp³-hybridized carbons (Fsp3) is 0.556. The number of hydrogen-bond donors (Lipinski definition) is 0. The molecule has 0 amide bonds. The average Bonchev–Trinajstić information content (AvgIpc) is 2.81. The van der Waals surface area contributed by atoms with Crippen molar-refractivity contribution in [3.8, 4) is 5.75 Å². The molecule has 0 saturated carbocycles. The van der Waals surface area contributed by atoms with Gasteiger partial charge in [0.05, 0.1) is 20.1 Å². The molecule has 2 unspecified atom stereocenters. The summed E-state index contributed by atoms with van der Waals surface area (Å²) in [6.45, 7) is 5.68. The van der Waals surface area contributed by atoms with Crippen LogP contribution in [-0.2, 0) is 20.7 Å². The number of carbonyl (C=O) groups is 2. The molecule has 2 rings (SSSR count). The van der Waals surface area contributed by atoms with Crippen LogP contribution in [-0.4, -0.2) is 38.1 Å². The van der Waals surface area contributed by atoms with Gasteiger partial charge in [-0.3, -0.25) is 9.59 Å². The first-order chi connectivity index (χ1) is 10.9. The Morgan fingerprint density at radius 2 is 2.09 bits per heavy atom. The Labute approximate surface area is 137 Å². The molecule has 1 heterocycles. The van der Waals surface area contributed by atoms with E-state index in [2.05, 4.69) is 0 Å². The number of carbonyl (C=O) groups excluding carboxylic acids is 2. The maximum atomic E-state index is 12.6. The predicted octanol–water partition coefficient (Wildman–Crippen LogP) is 2.60. The molecule has 0 saturated heterocycles. The quantitative estimate of drug-likeness (QED) is 0.754. The van der Waals surface area contributed by atoms with E-state index in [1.807, 2.05) is 37.1 Å². The largest absolute Gasteiger partial charge is 0.497 e. The molecule has 0 N–H and O–H groups in total. The molecule has 1 aromatic carbocycles. The van der Waals surface area contributed by atoms with Crippen LogP contribution >= 0.6 is 0 Å². The summed E-state index contributed by atoms with van der Waals surface area (Å²) in [5.41, 5.74) is 1.36. The molecule has 0 spiro atoms. The highest BCUT2D eigenvalue weighted by Crippen LogP contribution is 2.44. The number of rotatable bonds is 6. The molecule has 5 heteroatoms. The summed E-state index contributed by atoms with van der Waals surface area (Å²) >= 11 is 0. The number of fused-ring (bicyclic) bond motifs is 1. The second kappa shape index (κ2) is 6.60. The Morgan fingerprint density at radius 1 is 1.39 bits per heavy atom. The van der Waals surface area contributed by atoms with E-state index in [9.17, 15) is 9.59 Å².